The van der Waals surface area contributed by atoms with Gasteiger partial charge in [0.05, 0.1) is 12.1 Å². The highest BCUT2D eigenvalue weighted by atomic mass is 16.5. The van der Waals surface area contributed by atoms with Crippen LogP contribution in [0.15, 0.2) is 29.3 Å². The fraction of sp³-hybridized carbons (Fsp3) is 0.556. The van der Waals surface area contributed by atoms with Crippen molar-refractivity contribution in [1.82, 2.24) is 16.0 Å². The smallest absolute Gasteiger partial charge is 0.251 e. The number of amides is 1. The number of carbonyl (C=O) groups is 1. The molecule has 0 aliphatic rings. The number of methoxy groups -OCH3 is 1. The number of ether oxygens (including phenoxy) is 1. The monoisotopic (exact) mass is 334 g/mol. The van der Waals surface area contributed by atoms with E-state index in [9.17, 15) is 4.79 Å². The van der Waals surface area contributed by atoms with Crippen LogP contribution in [0.2, 0.25) is 0 Å². The summed E-state index contributed by atoms with van der Waals surface area (Å²) in [6.07, 6.45) is 0. The molecule has 3 N–H and O–H groups in total. The normalized spacial score (nSPS) is 12.0. The Morgan fingerprint density at radius 2 is 1.92 bits per heavy atom. The zero-order valence-electron chi connectivity index (χ0n) is 15.4. The SMILES string of the molecule is CCNC(=NCC(C)(C)OC)NCCNC(=O)c1cccc(C)c1. The molecular formula is C18H30N4O2. The number of hydrogen-bond acceptors (Lipinski definition) is 3. The summed E-state index contributed by atoms with van der Waals surface area (Å²) in [5.74, 6) is 0.649. The predicted octanol–water partition coefficient (Wildman–Crippen LogP) is 1.70. The lowest BCUT2D eigenvalue weighted by Gasteiger charge is -2.21. The minimum Gasteiger partial charge on any atom is -0.377 e. The second-order valence-corrected chi connectivity index (χ2v) is 6.21. The van der Waals surface area contributed by atoms with Gasteiger partial charge in [-0.05, 0) is 39.8 Å². The second-order valence-electron chi connectivity index (χ2n) is 6.21. The molecule has 0 heterocycles. The van der Waals surface area contributed by atoms with Gasteiger partial charge in [-0.25, -0.2) is 0 Å². The minimum absolute atomic E-state index is 0.0667. The molecule has 1 aromatic carbocycles. The first-order chi connectivity index (χ1) is 11.4. The molecule has 6 heteroatoms. The van der Waals surface area contributed by atoms with Gasteiger partial charge < -0.3 is 20.7 Å². The lowest BCUT2D eigenvalue weighted by Crippen LogP contribution is -2.42. The van der Waals surface area contributed by atoms with Gasteiger partial charge in [-0.15, -0.1) is 0 Å². The molecule has 0 aliphatic carbocycles. The van der Waals surface area contributed by atoms with E-state index in [-0.39, 0.29) is 11.5 Å². The number of nitrogens with zero attached hydrogens (tertiary/aromatic N) is 1. The first kappa shape index (κ1) is 20.0. The van der Waals surface area contributed by atoms with Crippen molar-refractivity contribution in [2.75, 3.05) is 33.3 Å². The number of guanidine groups is 1. The van der Waals surface area contributed by atoms with Gasteiger partial charge in [0.15, 0.2) is 5.96 Å². The highest BCUT2D eigenvalue weighted by Crippen LogP contribution is 2.07. The maximum atomic E-state index is 12.1. The Hall–Kier alpha value is -2.08. The van der Waals surface area contributed by atoms with E-state index in [1.165, 1.54) is 0 Å². The highest BCUT2D eigenvalue weighted by Gasteiger charge is 2.15. The molecule has 0 spiro atoms. The molecule has 0 saturated heterocycles. The van der Waals surface area contributed by atoms with Gasteiger partial charge in [0.2, 0.25) is 0 Å². The largest absolute Gasteiger partial charge is 0.377 e. The number of aryl methyl sites for hydroxylation is 1. The summed E-state index contributed by atoms with van der Waals surface area (Å²) < 4.78 is 5.36. The fourth-order valence-electron chi connectivity index (χ4n) is 1.92. The highest BCUT2D eigenvalue weighted by molar-refractivity contribution is 5.94. The fourth-order valence-corrected chi connectivity index (χ4v) is 1.92. The molecule has 24 heavy (non-hydrogen) atoms. The summed E-state index contributed by atoms with van der Waals surface area (Å²) in [4.78, 5) is 16.6. The van der Waals surface area contributed by atoms with Gasteiger partial charge in [0.25, 0.3) is 5.91 Å². The van der Waals surface area contributed by atoms with Crippen LogP contribution in [0, 0.1) is 6.92 Å². The molecule has 1 aromatic rings. The van der Waals surface area contributed by atoms with Crippen LogP contribution in [0.25, 0.3) is 0 Å². The first-order valence-electron chi connectivity index (χ1n) is 8.30. The molecule has 6 nitrogen and oxygen atoms in total. The molecule has 1 rings (SSSR count). The van der Waals surface area contributed by atoms with E-state index in [2.05, 4.69) is 20.9 Å². The van der Waals surface area contributed by atoms with Crippen molar-refractivity contribution in [3.8, 4) is 0 Å². The summed E-state index contributed by atoms with van der Waals surface area (Å²) in [5.41, 5.74) is 1.45. The quantitative estimate of drug-likeness (QED) is 0.384. The molecule has 134 valence electrons. The topological polar surface area (TPSA) is 74.8 Å². The van der Waals surface area contributed by atoms with Crippen molar-refractivity contribution >= 4 is 11.9 Å². The third-order valence-corrected chi connectivity index (χ3v) is 3.50. The van der Waals surface area contributed by atoms with Crippen molar-refractivity contribution in [3.05, 3.63) is 35.4 Å². The number of aliphatic imine (C=N–C) groups is 1. The molecule has 0 fully saturated rings. The van der Waals surface area contributed by atoms with Gasteiger partial charge in [0.1, 0.15) is 0 Å². The molecule has 0 atom stereocenters. The maximum Gasteiger partial charge on any atom is 0.251 e. The van der Waals surface area contributed by atoms with Crippen LogP contribution >= 0.6 is 0 Å². The lowest BCUT2D eigenvalue weighted by atomic mass is 10.1. The second kappa shape index (κ2) is 9.93. The Morgan fingerprint density at radius 1 is 1.21 bits per heavy atom. The summed E-state index contributed by atoms with van der Waals surface area (Å²) in [6, 6.07) is 7.55. The Balaban J connectivity index is 2.42. The summed E-state index contributed by atoms with van der Waals surface area (Å²) in [6.45, 7) is 10.4. The molecule has 0 saturated carbocycles. The summed E-state index contributed by atoms with van der Waals surface area (Å²) >= 11 is 0. The van der Waals surface area contributed by atoms with E-state index in [0.717, 1.165) is 12.1 Å². The first-order valence-corrected chi connectivity index (χ1v) is 8.30. The van der Waals surface area contributed by atoms with Crippen LogP contribution in [0.5, 0.6) is 0 Å². The molecule has 0 aliphatic heterocycles. The Bertz CT molecular complexity index is 556. The average molecular weight is 334 g/mol. The Kier molecular flexibility index (Phi) is 8.26. The van der Waals surface area contributed by atoms with Gasteiger partial charge in [-0.2, -0.15) is 0 Å². The van der Waals surface area contributed by atoms with Crippen molar-refractivity contribution in [1.29, 1.82) is 0 Å². The van der Waals surface area contributed by atoms with Crippen LogP contribution < -0.4 is 16.0 Å². The van der Waals surface area contributed by atoms with Gasteiger partial charge in [-0.1, -0.05) is 17.7 Å². The predicted molar refractivity (Wildman–Crippen MR) is 98.6 cm³/mol. The summed E-state index contributed by atoms with van der Waals surface area (Å²) in [7, 11) is 1.68. The molecule has 0 aromatic heterocycles. The van der Waals surface area contributed by atoms with Crippen LogP contribution in [0.4, 0.5) is 0 Å². The standard InChI is InChI=1S/C18H30N4O2/c1-6-19-17(22-13-18(3,4)24-5)21-11-10-20-16(23)15-9-7-8-14(2)12-15/h7-9,12H,6,10-11,13H2,1-5H3,(H,20,23)(H2,19,21,22). The van der Waals surface area contributed by atoms with E-state index < -0.39 is 0 Å². The minimum atomic E-state index is -0.304. The van der Waals surface area contributed by atoms with Crippen molar-refractivity contribution in [2.45, 2.75) is 33.3 Å². The van der Waals surface area contributed by atoms with Crippen LogP contribution in [-0.4, -0.2) is 50.8 Å². The number of hydrogen-bond donors (Lipinski definition) is 3. The molecule has 0 bridgehead atoms. The lowest BCUT2D eigenvalue weighted by molar-refractivity contribution is 0.0310. The Morgan fingerprint density at radius 3 is 2.54 bits per heavy atom. The van der Waals surface area contributed by atoms with Crippen molar-refractivity contribution in [3.63, 3.8) is 0 Å². The number of benzene rings is 1. The molecular weight excluding hydrogens is 304 g/mol. The number of carbonyl (C=O) groups excluding carboxylic acids is 1. The van der Waals surface area contributed by atoms with Crippen molar-refractivity contribution < 1.29 is 9.53 Å². The molecule has 1 amide bonds. The zero-order chi connectivity index (χ0) is 18.0. The van der Waals surface area contributed by atoms with Crippen LogP contribution in [0.1, 0.15) is 36.7 Å². The van der Waals surface area contributed by atoms with Crippen LogP contribution in [0.3, 0.4) is 0 Å². The molecule has 0 unspecified atom stereocenters. The van der Waals surface area contributed by atoms with E-state index in [4.69, 9.17) is 4.74 Å². The van der Waals surface area contributed by atoms with E-state index >= 15 is 0 Å². The number of nitrogens with one attached hydrogen (secondary N) is 3. The summed E-state index contributed by atoms with van der Waals surface area (Å²) in [5, 5.41) is 9.28. The third kappa shape index (κ3) is 7.46. The maximum absolute atomic E-state index is 12.1. The van der Waals surface area contributed by atoms with Crippen LogP contribution in [-0.2, 0) is 4.74 Å². The number of rotatable bonds is 8. The average Bonchev–Trinajstić information content (AvgIpc) is 2.56. The van der Waals surface area contributed by atoms with E-state index in [0.29, 0.717) is 31.2 Å². The van der Waals surface area contributed by atoms with Gasteiger partial charge in [0, 0.05) is 32.3 Å². The van der Waals surface area contributed by atoms with Gasteiger partial charge >= 0.3 is 0 Å². The van der Waals surface area contributed by atoms with Crippen molar-refractivity contribution in [2.24, 2.45) is 4.99 Å². The third-order valence-electron chi connectivity index (χ3n) is 3.50. The Labute approximate surface area is 145 Å². The zero-order valence-corrected chi connectivity index (χ0v) is 15.4. The van der Waals surface area contributed by atoms with E-state index in [1.54, 1.807) is 7.11 Å². The van der Waals surface area contributed by atoms with Gasteiger partial charge in [-0.3, -0.25) is 9.79 Å². The molecule has 0 radical (unpaired) electrons. The van der Waals surface area contributed by atoms with E-state index in [1.807, 2.05) is 52.0 Å².